The summed E-state index contributed by atoms with van der Waals surface area (Å²) >= 11 is 0. The molecule has 0 N–H and O–H groups in total. The van der Waals surface area contributed by atoms with Crippen LogP contribution in [0.1, 0.15) is 13.3 Å². The number of rotatable bonds is 1. The maximum absolute atomic E-state index is 3.83. The fourth-order valence-corrected chi connectivity index (χ4v) is 0.655. The molecule has 1 aliphatic rings. The van der Waals surface area contributed by atoms with E-state index in [-0.39, 0.29) is 0 Å². The third-order valence-corrected chi connectivity index (χ3v) is 1.22. The first-order valence-corrected chi connectivity index (χ1v) is 3.08. The van der Waals surface area contributed by atoms with Gasteiger partial charge in [0.1, 0.15) is 0 Å². The van der Waals surface area contributed by atoms with Gasteiger partial charge >= 0.3 is 0 Å². The zero-order valence-corrected chi connectivity index (χ0v) is 5.46. The first-order valence-electron chi connectivity index (χ1n) is 3.08. The summed E-state index contributed by atoms with van der Waals surface area (Å²) in [5.41, 5.74) is 1.30. The molecule has 0 saturated carbocycles. The normalized spacial score (nSPS) is 15.4. The molecule has 0 amide bonds. The maximum atomic E-state index is 3.83. The summed E-state index contributed by atoms with van der Waals surface area (Å²) in [6, 6.07) is 0. The molecule has 0 atom stereocenters. The Labute approximate surface area is 55.1 Å². The van der Waals surface area contributed by atoms with Crippen LogP contribution in [0, 0.1) is 0 Å². The lowest BCUT2D eigenvalue weighted by atomic mass is 10.2. The van der Waals surface area contributed by atoms with Crippen molar-refractivity contribution in [2.75, 3.05) is 0 Å². The fourth-order valence-electron chi connectivity index (χ4n) is 0.655. The van der Waals surface area contributed by atoms with E-state index in [4.69, 9.17) is 0 Å². The Morgan fingerprint density at radius 3 is 3.33 bits per heavy atom. The topological polar surface area (TPSA) is 12.4 Å². The van der Waals surface area contributed by atoms with Crippen LogP contribution in [-0.2, 0) is 0 Å². The molecule has 0 unspecified atom stereocenters. The van der Waals surface area contributed by atoms with Crippen molar-refractivity contribution in [3.8, 4) is 0 Å². The molecule has 0 spiro atoms. The van der Waals surface area contributed by atoms with Crippen molar-refractivity contribution in [2.24, 2.45) is 4.99 Å². The summed E-state index contributed by atoms with van der Waals surface area (Å²) < 4.78 is 0. The van der Waals surface area contributed by atoms with E-state index in [1.807, 2.05) is 18.2 Å². The number of nitrogens with zero attached hydrogens (tertiary/aromatic N) is 1. The average Bonchev–Trinajstić information content (AvgIpc) is 2.13. The molecule has 1 heteroatoms. The minimum Gasteiger partial charge on any atom is -0.214 e. The minimum absolute atomic E-state index is 1.06. The summed E-state index contributed by atoms with van der Waals surface area (Å²) in [5, 5.41) is 0. The molecule has 1 heterocycles. The summed E-state index contributed by atoms with van der Waals surface area (Å²) in [4.78, 5) is 3.83. The highest BCUT2D eigenvalue weighted by Gasteiger charge is 1.84. The summed E-state index contributed by atoms with van der Waals surface area (Å²) in [6.45, 7) is 2.12. The second-order valence-corrected chi connectivity index (χ2v) is 1.84. The zero-order chi connectivity index (χ0) is 6.53. The average molecular weight is 119 g/mol. The van der Waals surface area contributed by atoms with Crippen molar-refractivity contribution in [3.63, 3.8) is 0 Å². The third kappa shape index (κ3) is 1.71. The van der Waals surface area contributed by atoms with E-state index < -0.39 is 0 Å². The third-order valence-electron chi connectivity index (χ3n) is 1.22. The Morgan fingerprint density at radius 1 is 1.67 bits per heavy atom. The van der Waals surface area contributed by atoms with Crippen molar-refractivity contribution in [1.82, 2.24) is 0 Å². The van der Waals surface area contributed by atoms with Crippen LogP contribution in [0.25, 0.3) is 0 Å². The van der Waals surface area contributed by atoms with Gasteiger partial charge in [-0.1, -0.05) is 6.92 Å². The van der Waals surface area contributed by atoms with Crippen LogP contribution in [0.4, 0.5) is 0 Å². The molecule has 0 aromatic heterocycles. The Kier molecular flexibility index (Phi) is 2.06. The van der Waals surface area contributed by atoms with Gasteiger partial charge in [0.25, 0.3) is 0 Å². The van der Waals surface area contributed by atoms with Crippen molar-refractivity contribution in [1.29, 1.82) is 0 Å². The smallest absolute Gasteiger partial charge is 0.0370 e. The molecule has 0 aliphatic carbocycles. The van der Waals surface area contributed by atoms with E-state index in [1.54, 1.807) is 6.20 Å². The van der Waals surface area contributed by atoms with Gasteiger partial charge in [-0.15, -0.1) is 0 Å². The van der Waals surface area contributed by atoms with Crippen molar-refractivity contribution < 1.29 is 0 Å². The highest BCUT2D eigenvalue weighted by molar-refractivity contribution is 5.57. The van der Waals surface area contributed by atoms with Gasteiger partial charge < -0.3 is 0 Å². The number of allylic oxidation sites excluding steroid dienone is 4. The van der Waals surface area contributed by atoms with Gasteiger partial charge in [0, 0.05) is 6.20 Å². The SMILES string of the molecule is CCC1=CC=C=NC=C1. The van der Waals surface area contributed by atoms with Gasteiger partial charge in [0.2, 0.25) is 0 Å². The van der Waals surface area contributed by atoms with Crippen molar-refractivity contribution in [2.45, 2.75) is 13.3 Å². The molecule has 0 aromatic rings. The second-order valence-electron chi connectivity index (χ2n) is 1.84. The van der Waals surface area contributed by atoms with Crippen LogP contribution in [0.15, 0.2) is 35.0 Å². The highest BCUT2D eigenvalue weighted by atomic mass is 14.6. The standard InChI is InChI=1S/C8H9N/c1-2-8-4-3-6-9-7-5-8/h3-5,7H,2H2,1H3. The Bertz CT molecular complexity index is 203. The van der Waals surface area contributed by atoms with E-state index in [0.717, 1.165) is 6.42 Å². The number of aliphatic imine (C=N–C) groups is 1. The first-order chi connectivity index (χ1) is 4.43. The molecule has 9 heavy (non-hydrogen) atoms. The molecule has 0 bridgehead atoms. The molecule has 0 saturated heterocycles. The molecule has 0 aromatic carbocycles. The predicted octanol–water partition coefficient (Wildman–Crippen LogP) is 2.08. The van der Waals surface area contributed by atoms with Gasteiger partial charge in [-0.2, -0.15) is 0 Å². The summed E-state index contributed by atoms with van der Waals surface area (Å²) in [7, 11) is 0. The highest BCUT2D eigenvalue weighted by Crippen LogP contribution is 2.03. The van der Waals surface area contributed by atoms with Crippen LogP contribution < -0.4 is 0 Å². The minimum atomic E-state index is 1.06. The largest absolute Gasteiger partial charge is 0.214 e. The quantitative estimate of drug-likeness (QED) is 0.501. The molecule has 1 nitrogen and oxygen atoms in total. The summed E-state index contributed by atoms with van der Waals surface area (Å²) in [5.74, 6) is 2.75. The van der Waals surface area contributed by atoms with Crippen LogP contribution in [0.2, 0.25) is 0 Å². The van der Waals surface area contributed by atoms with Crippen LogP contribution >= 0.6 is 0 Å². The Balaban J connectivity index is 2.78. The molecular weight excluding hydrogens is 110 g/mol. The monoisotopic (exact) mass is 119 g/mol. The van der Waals surface area contributed by atoms with Crippen molar-refractivity contribution in [3.05, 3.63) is 30.0 Å². The van der Waals surface area contributed by atoms with E-state index in [0.29, 0.717) is 0 Å². The van der Waals surface area contributed by atoms with E-state index in [9.17, 15) is 0 Å². The lowest BCUT2D eigenvalue weighted by Gasteiger charge is -1.88. The lowest BCUT2D eigenvalue weighted by Crippen LogP contribution is -1.69. The van der Waals surface area contributed by atoms with Crippen molar-refractivity contribution >= 4 is 5.87 Å². The van der Waals surface area contributed by atoms with E-state index in [2.05, 4.69) is 17.8 Å². The molecule has 0 radical (unpaired) electrons. The summed E-state index contributed by atoms with van der Waals surface area (Å²) in [6.07, 6.45) is 8.67. The second kappa shape index (κ2) is 3.06. The van der Waals surface area contributed by atoms with E-state index in [1.165, 1.54) is 5.57 Å². The van der Waals surface area contributed by atoms with Crippen LogP contribution in [0.5, 0.6) is 0 Å². The number of hydrogen-bond acceptors (Lipinski definition) is 1. The predicted molar refractivity (Wildman–Crippen MR) is 39.5 cm³/mol. The molecule has 1 aliphatic heterocycles. The molecule has 0 fully saturated rings. The van der Waals surface area contributed by atoms with Crippen LogP contribution in [0.3, 0.4) is 0 Å². The number of hydrogen-bond donors (Lipinski definition) is 0. The van der Waals surface area contributed by atoms with Gasteiger partial charge in [0.05, 0.1) is 0 Å². The van der Waals surface area contributed by atoms with Crippen LogP contribution in [-0.4, -0.2) is 5.87 Å². The first kappa shape index (κ1) is 6.06. The lowest BCUT2D eigenvalue weighted by molar-refractivity contribution is 1.15. The molecule has 46 valence electrons. The fraction of sp³-hybridized carbons (Fsp3) is 0.250. The van der Waals surface area contributed by atoms with Gasteiger partial charge in [-0.3, -0.25) is 0 Å². The van der Waals surface area contributed by atoms with Gasteiger partial charge in [-0.25, -0.2) is 4.99 Å². The van der Waals surface area contributed by atoms with Gasteiger partial charge in [-0.05, 0) is 36.1 Å². The Hall–Kier alpha value is -1.07. The molecule has 1 rings (SSSR count). The Morgan fingerprint density at radius 2 is 2.56 bits per heavy atom. The maximum Gasteiger partial charge on any atom is 0.0370 e. The van der Waals surface area contributed by atoms with Gasteiger partial charge in [0.15, 0.2) is 0 Å². The van der Waals surface area contributed by atoms with E-state index >= 15 is 0 Å². The zero-order valence-electron chi connectivity index (χ0n) is 5.46. The molecular formula is C8H9N.